The molecule has 0 radical (unpaired) electrons. The highest BCUT2D eigenvalue weighted by atomic mass is 16.6. The summed E-state index contributed by atoms with van der Waals surface area (Å²) < 4.78 is 16.7. The average Bonchev–Trinajstić information content (AvgIpc) is 3.14. The van der Waals surface area contributed by atoms with Crippen molar-refractivity contribution in [3.05, 3.63) is 29.3 Å². The normalized spacial score (nSPS) is 24.2. The van der Waals surface area contributed by atoms with Gasteiger partial charge in [0.2, 0.25) is 0 Å². The summed E-state index contributed by atoms with van der Waals surface area (Å²) in [6.07, 6.45) is 7.54. The Labute approximate surface area is 202 Å². The van der Waals surface area contributed by atoms with E-state index in [0.717, 1.165) is 56.9 Å². The summed E-state index contributed by atoms with van der Waals surface area (Å²) in [6.45, 7) is 4.07. The zero-order valence-corrected chi connectivity index (χ0v) is 20.5. The maximum atomic E-state index is 12.4. The molecule has 2 aliphatic carbocycles. The summed E-state index contributed by atoms with van der Waals surface area (Å²) in [5.41, 5.74) is 2.25. The molecule has 1 fully saturated rings. The zero-order chi connectivity index (χ0) is 24.5. The molecular weight excluding hydrogens is 436 g/mol. The van der Waals surface area contributed by atoms with Gasteiger partial charge in [0.25, 0.3) is 0 Å². The van der Waals surface area contributed by atoms with Crippen LogP contribution in [0.25, 0.3) is 0 Å². The van der Waals surface area contributed by atoms with Gasteiger partial charge < -0.3 is 24.4 Å². The average molecular weight is 477 g/mol. The summed E-state index contributed by atoms with van der Waals surface area (Å²) in [6, 6.07) is 5.84. The van der Waals surface area contributed by atoms with Gasteiger partial charge in [-0.3, -0.25) is 0 Å². The topological polar surface area (TPSA) is 102 Å². The number of carbonyl (C=O) groups is 2. The molecule has 0 aliphatic heterocycles. The van der Waals surface area contributed by atoms with Crippen LogP contribution in [0.5, 0.6) is 5.75 Å². The van der Waals surface area contributed by atoms with Crippen LogP contribution in [0.2, 0.25) is 0 Å². The van der Waals surface area contributed by atoms with Gasteiger partial charge in [-0.25, -0.2) is 9.59 Å². The van der Waals surface area contributed by atoms with Crippen molar-refractivity contribution in [2.24, 2.45) is 17.8 Å². The minimum absolute atomic E-state index is 0.0396. The molecule has 0 amide bonds. The molecule has 0 spiro atoms. The first-order valence-corrected chi connectivity index (χ1v) is 12.8. The Kier molecular flexibility index (Phi) is 10.2. The molecule has 7 nitrogen and oxygen atoms in total. The lowest BCUT2D eigenvalue weighted by molar-refractivity contribution is -0.156. The Morgan fingerprint density at radius 2 is 1.94 bits per heavy atom. The second kappa shape index (κ2) is 13.1. The number of hydrogen-bond donors (Lipinski definition) is 2. The second-order valence-corrected chi connectivity index (χ2v) is 9.70. The fourth-order valence-corrected chi connectivity index (χ4v) is 5.73. The number of aliphatic hydroxyl groups excluding tert-OH is 1. The number of fused-ring (bicyclic) bond motifs is 2. The van der Waals surface area contributed by atoms with Gasteiger partial charge in [-0.1, -0.05) is 38.3 Å². The van der Waals surface area contributed by atoms with Crippen LogP contribution >= 0.6 is 0 Å². The lowest BCUT2D eigenvalue weighted by Gasteiger charge is -2.32. The molecular formula is C27H40O7. The van der Waals surface area contributed by atoms with Crippen molar-refractivity contribution in [3.63, 3.8) is 0 Å². The first-order valence-electron chi connectivity index (χ1n) is 12.8. The molecule has 34 heavy (non-hydrogen) atoms. The summed E-state index contributed by atoms with van der Waals surface area (Å²) in [4.78, 5) is 23.4. The predicted molar refractivity (Wildman–Crippen MR) is 128 cm³/mol. The molecule has 2 aliphatic rings. The third-order valence-corrected chi connectivity index (χ3v) is 7.35. The predicted octanol–water partition coefficient (Wildman–Crippen LogP) is 4.17. The number of aliphatic carboxylic acids is 1. The van der Waals surface area contributed by atoms with E-state index in [-0.39, 0.29) is 37.3 Å². The number of carbonyl (C=O) groups excluding carboxylic acids is 1. The van der Waals surface area contributed by atoms with E-state index in [1.54, 1.807) is 0 Å². The number of esters is 1. The van der Waals surface area contributed by atoms with Crippen molar-refractivity contribution < 1.29 is 34.0 Å². The van der Waals surface area contributed by atoms with E-state index in [0.29, 0.717) is 30.6 Å². The minimum atomic E-state index is -0.994. The number of hydrogen-bond acceptors (Lipinski definition) is 6. The van der Waals surface area contributed by atoms with E-state index in [2.05, 4.69) is 13.0 Å². The van der Waals surface area contributed by atoms with Gasteiger partial charge in [0.15, 0.2) is 6.61 Å². The molecule has 1 aromatic rings. The van der Waals surface area contributed by atoms with Crippen LogP contribution in [0, 0.1) is 17.8 Å². The summed E-state index contributed by atoms with van der Waals surface area (Å²) in [7, 11) is 0. The summed E-state index contributed by atoms with van der Waals surface area (Å²) in [5.74, 6) is 0.184. The lowest BCUT2D eigenvalue weighted by Crippen LogP contribution is -2.30. The Hall–Kier alpha value is -2.12. The number of ether oxygens (including phenoxy) is 3. The van der Waals surface area contributed by atoms with E-state index >= 15 is 0 Å². The fraction of sp³-hybridized carbons (Fsp3) is 0.704. The largest absolute Gasteiger partial charge is 0.482 e. The van der Waals surface area contributed by atoms with Gasteiger partial charge in [0, 0.05) is 6.61 Å². The number of rotatable bonds is 14. The highest BCUT2D eigenvalue weighted by Crippen LogP contribution is 2.49. The number of benzene rings is 1. The molecule has 0 bridgehead atoms. The third-order valence-electron chi connectivity index (χ3n) is 7.35. The van der Waals surface area contributed by atoms with Crippen LogP contribution in [0.3, 0.4) is 0 Å². The standard InChI is InChI=1S/C27H40O7/c1-3-5-6-9-20(28)11-12-21-22-13-18-8-7-10-24(33-16-26(29)30)23(18)14-19(22)15-25(21)34-27(31)17-32-4-2/h7-8,10,19-22,25,28H,3-6,9,11-17H2,1-2H3,(H,29,30)/t19-,20-,21+,22-,25+/m0/s1. The van der Waals surface area contributed by atoms with E-state index in [1.807, 2.05) is 19.1 Å². The molecule has 2 N–H and O–H groups in total. The lowest BCUT2D eigenvalue weighted by atomic mass is 9.73. The van der Waals surface area contributed by atoms with Gasteiger partial charge in [0.05, 0.1) is 6.10 Å². The highest BCUT2D eigenvalue weighted by molar-refractivity contribution is 5.71. The molecule has 0 aromatic heterocycles. The molecule has 5 atom stereocenters. The Morgan fingerprint density at radius 3 is 2.68 bits per heavy atom. The SMILES string of the molecule is CCCCC[C@H](O)CC[C@@H]1[C@H]2Cc3cccc(OCC(=O)O)c3C[C@H]2C[C@H]1OC(=O)COCC. The van der Waals surface area contributed by atoms with Crippen LogP contribution < -0.4 is 4.74 Å². The van der Waals surface area contributed by atoms with E-state index in [4.69, 9.17) is 19.3 Å². The number of aliphatic hydroxyl groups is 1. The van der Waals surface area contributed by atoms with Gasteiger partial charge in [-0.05, 0) is 80.4 Å². The molecule has 0 saturated heterocycles. The Balaban J connectivity index is 1.72. The van der Waals surface area contributed by atoms with Crippen molar-refractivity contribution in [2.45, 2.75) is 83.8 Å². The van der Waals surface area contributed by atoms with E-state index in [9.17, 15) is 14.7 Å². The third kappa shape index (κ3) is 7.19. The molecule has 0 heterocycles. The van der Waals surface area contributed by atoms with Crippen molar-refractivity contribution >= 4 is 11.9 Å². The Bertz CT molecular complexity index is 808. The van der Waals surface area contributed by atoms with Gasteiger partial charge in [-0.15, -0.1) is 0 Å². The quantitative estimate of drug-likeness (QED) is 0.307. The van der Waals surface area contributed by atoms with Crippen molar-refractivity contribution in [3.8, 4) is 5.75 Å². The van der Waals surface area contributed by atoms with Crippen LogP contribution in [0.4, 0.5) is 0 Å². The van der Waals surface area contributed by atoms with Crippen LogP contribution in [0.1, 0.15) is 69.9 Å². The molecule has 3 rings (SSSR count). The molecule has 0 unspecified atom stereocenters. The molecule has 7 heteroatoms. The smallest absolute Gasteiger partial charge is 0.341 e. The highest BCUT2D eigenvalue weighted by Gasteiger charge is 2.47. The summed E-state index contributed by atoms with van der Waals surface area (Å²) >= 11 is 0. The van der Waals surface area contributed by atoms with Gasteiger partial charge in [0.1, 0.15) is 18.5 Å². The fourth-order valence-electron chi connectivity index (χ4n) is 5.73. The molecule has 190 valence electrons. The number of carboxylic acid groups (broad SMARTS) is 1. The monoisotopic (exact) mass is 476 g/mol. The number of carboxylic acids is 1. The van der Waals surface area contributed by atoms with Crippen LogP contribution in [-0.4, -0.2) is 54.2 Å². The van der Waals surface area contributed by atoms with Gasteiger partial charge in [-0.2, -0.15) is 0 Å². The Morgan fingerprint density at radius 1 is 1.12 bits per heavy atom. The molecule has 1 aromatic carbocycles. The number of unbranched alkanes of at least 4 members (excludes halogenated alkanes) is 2. The maximum Gasteiger partial charge on any atom is 0.341 e. The van der Waals surface area contributed by atoms with Crippen LogP contribution in [0.15, 0.2) is 18.2 Å². The van der Waals surface area contributed by atoms with Crippen LogP contribution in [-0.2, 0) is 31.9 Å². The molecule has 1 saturated carbocycles. The first kappa shape index (κ1) is 26.5. The maximum absolute atomic E-state index is 12.4. The first-order chi connectivity index (χ1) is 16.4. The second-order valence-electron chi connectivity index (χ2n) is 9.70. The summed E-state index contributed by atoms with van der Waals surface area (Å²) in [5, 5.41) is 19.5. The van der Waals surface area contributed by atoms with Crippen molar-refractivity contribution in [2.75, 3.05) is 19.8 Å². The van der Waals surface area contributed by atoms with Crippen molar-refractivity contribution in [1.29, 1.82) is 0 Å². The van der Waals surface area contributed by atoms with E-state index < -0.39 is 5.97 Å². The van der Waals surface area contributed by atoms with Crippen molar-refractivity contribution in [1.82, 2.24) is 0 Å². The minimum Gasteiger partial charge on any atom is -0.482 e. The van der Waals surface area contributed by atoms with E-state index in [1.165, 1.54) is 5.56 Å². The van der Waals surface area contributed by atoms with Gasteiger partial charge >= 0.3 is 11.9 Å². The zero-order valence-electron chi connectivity index (χ0n) is 20.5.